The van der Waals surface area contributed by atoms with Gasteiger partial charge in [0.15, 0.2) is 5.65 Å². The maximum atomic E-state index is 11.8. The summed E-state index contributed by atoms with van der Waals surface area (Å²) < 4.78 is 5.29. The van der Waals surface area contributed by atoms with Gasteiger partial charge in [-0.25, -0.2) is 14.8 Å². The smallest absolute Gasteiger partial charge is 0.407 e. The zero-order chi connectivity index (χ0) is 15.7. The molecule has 0 radical (unpaired) electrons. The van der Waals surface area contributed by atoms with E-state index < -0.39 is 5.60 Å². The highest BCUT2D eigenvalue weighted by Crippen LogP contribution is 2.24. The largest absolute Gasteiger partial charge is 0.444 e. The Balaban J connectivity index is 1.65. The molecule has 1 fully saturated rings. The zero-order valence-electron chi connectivity index (χ0n) is 13.0. The quantitative estimate of drug-likeness (QED) is 0.872. The van der Waals surface area contributed by atoms with Crippen LogP contribution in [0.3, 0.4) is 0 Å². The van der Waals surface area contributed by atoms with E-state index in [0.29, 0.717) is 12.2 Å². The molecule has 2 aromatic heterocycles. The SMILES string of the molecule is CC(C)(C)OC(=O)N[C@H]1CCN(c2ncnc3[nH]ncc23)C1. The molecule has 0 unspecified atom stereocenters. The summed E-state index contributed by atoms with van der Waals surface area (Å²) in [6.45, 7) is 7.06. The van der Waals surface area contributed by atoms with Gasteiger partial charge in [0.05, 0.1) is 17.6 Å². The van der Waals surface area contributed by atoms with Crippen LogP contribution in [0.2, 0.25) is 0 Å². The second kappa shape index (κ2) is 5.43. The molecule has 1 aliphatic heterocycles. The number of rotatable bonds is 2. The lowest BCUT2D eigenvalue weighted by molar-refractivity contribution is 0.0509. The summed E-state index contributed by atoms with van der Waals surface area (Å²) in [6, 6.07) is 0.0479. The number of hydrogen-bond donors (Lipinski definition) is 2. The number of nitrogens with zero attached hydrogens (tertiary/aromatic N) is 4. The van der Waals surface area contributed by atoms with Gasteiger partial charge < -0.3 is 15.0 Å². The fraction of sp³-hybridized carbons (Fsp3) is 0.571. The van der Waals surface area contributed by atoms with E-state index in [1.165, 1.54) is 6.33 Å². The third-order valence-electron chi connectivity index (χ3n) is 3.44. The van der Waals surface area contributed by atoms with E-state index in [2.05, 4.69) is 30.4 Å². The minimum Gasteiger partial charge on any atom is -0.444 e. The van der Waals surface area contributed by atoms with Gasteiger partial charge in [-0.05, 0) is 27.2 Å². The number of aromatic nitrogens is 4. The summed E-state index contributed by atoms with van der Waals surface area (Å²) in [5, 5.41) is 10.6. The van der Waals surface area contributed by atoms with E-state index in [4.69, 9.17) is 4.74 Å². The first-order chi connectivity index (χ1) is 10.4. The molecule has 1 amide bonds. The van der Waals surface area contributed by atoms with E-state index in [0.717, 1.165) is 24.2 Å². The molecule has 118 valence electrons. The van der Waals surface area contributed by atoms with Gasteiger partial charge in [-0.3, -0.25) is 5.10 Å². The molecule has 1 aliphatic rings. The number of fused-ring (bicyclic) bond motifs is 1. The van der Waals surface area contributed by atoms with Crippen LogP contribution in [-0.2, 0) is 4.74 Å². The van der Waals surface area contributed by atoms with E-state index in [9.17, 15) is 4.79 Å². The van der Waals surface area contributed by atoms with Gasteiger partial charge in [-0.2, -0.15) is 5.10 Å². The Labute approximate surface area is 128 Å². The summed E-state index contributed by atoms with van der Waals surface area (Å²) in [7, 11) is 0. The van der Waals surface area contributed by atoms with Crippen molar-refractivity contribution in [2.75, 3.05) is 18.0 Å². The number of nitrogens with one attached hydrogen (secondary N) is 2. The van der Waals surface area contributed by atoms with Gasteiger partial charge in [-0.1, -0.05) is 0 Å². The summed E-state index contributed by atoms with van der Waals surface area (Å²) >= 11 is 0. The van der Waals surface area contributed by atoms with Gasteiger partial charge >= 0.3 is 6.09 Å². The highest BCUT2D eigenvalue weighted by molar-refractivity contribution is 5.86. The van der Waals surface area contributed by atoms with Crippen LogP contribution in [0.15, 0.2) is 12.5 Å². The van der Waals surface area contributed by atoms with Gasteiger partial charge in [-0.15, -0.1) is 0 Å². The standard InChI is InChI=1S/C14H20N6O2/c1-14(2,3)22-13(21)18-9-4-5-20(7-9)12-10-6-17-19-11(10)15-8-16-12/h6,8-9H,4-5,7H2,1-3H3,(H,18,21)(H,15,16,17,19)/t9-/m0/s1. The van der Waals surface area contributed by atoms with Crippen LogP contribution in [-0.4, -0.2) is 51.0 Å². The van der Waals surface area contributed by atoms with Crippen LogP contribution >= 0.6 is 0 Å². The van der Waals surface area contributed by atoms with Crippen molar-refractivity contribution in [3.05, 3.63) is 12.5 Å². The monoisotopic (exact) mass is 304 g/mol. The van der Waals surface area contributed by atoms with Crippen molar-refractivity contribution in [2.45, 2.75) is 38.8 Å². The Kier molecular flexibility index (Phi) is 3.59. The van der Waals surface area contributed by atoms with E-state index in [-0.39, 0.29) is 12.1 Å². The molecule has 8 nitrogen and oxygen atoms in total. The van der Waals surface area contributed by atoms with E-state index in [1.807, 2.05) is 20.8 Å². The number of hydrogen-bond acceptors (Lipinski definition) is 6. The molecule has 0 aromatic carbocycles. The van der Waals surface area contributed by atoms with Crippen molar-refractivity contribution >= 4 is 22.9 Å². The van der Waals surface area contributed by atoms with Crippen molar-refractivity contribution in [2.24, 2.45) is 0 Å². The molecule has 1 saturated heterocycles. The first kappa shape index (κ1) is 14.6. The van der Waals surface area contributed by atoms with Crippen LogP contribution in [0.1, 0.15) is 27.2 Å². The van der Waals surface area contributed by atoms with E-state index >= 15 is 0 Å². The highest BCUT2D eigenvalue weighted by Gasteiger charge is 2.28. The third kappa shape index (κ3) is 3.10. The Morgan fingerprint density at radius 3 is 3.05 bits per heavy atom. The molecule has 2 N–H and O–H groups in total. The molecule has 0 aliphatic carbocycles. The van der Waals surface area contributed by atoms with Crippen LogP contribution < -0.4 is 10.2 Å². The Morgan fingerprint density at radius 1 is 1.45 bits per heavy atom. The first-order valence-electron chi connectivity index (χ1n) is 7.31. The number of H-pyrrole nitrogens is 1. The van der Waals surface area contributed by atoms with Crippen LogP contribution in [0.4, 0.5) is 10.6 Å². The lowest BCUT2D eigenvalue weighted by atomic mass is 10.2. The van der Waals surface area contributed by atoms with Gasteiger partial charge in [0.25, 0.3) is 0 Å². The molecule has 0 saturated carbocycles. The summed E-state index contributed by atoms with van der Waals surface area (Å²) in [5.74, 6) is 0.840. The fourth-order valence-electron chi connectivity index (χ4n) is 2.55. The Morgan fingerprint density at radius 2 is 2.27 bits per heavy atom. The second-order valence-electron chi connectivity index (χ2n) is 6.41. The number of alkyl carbamates (subject to hydrolysis) is 1. The number of aromatic amines is 1. The van der Waals surface area contributed by atoms with E-state index in [1.54, 1.807) is 6.20 Å². The summed E-state index contributed by atoms with van der Waals surface area (Å²) in [5.41, 5.74) is 0.228. The maximum absolute atomic E-state index is 11.8. The molecule has 0 bridgehead atoms. The van der Waals surface area contributed by atoms with Crippen molar-refractivity contribution < 1.29 is 9.53 Å². The predicted molar refractivity (Wildman–Crippen MR) is 81.7 cm³/mol. The third-order valence-corrected chi connectivity index (χ3v) is 3.44. The summed E-state index contributed by atoms with van der Waals surface area (Å²) in [4.78, 5) is 22.4. The van der Waals surface area contributed by atoms with Gasteiger partial charge in [0, 0.05) is 13.1 Å². The molecule has 3 rings (SSSR count). The maximum Gasteiger partial charge on any atom is 0.407 e. The number of ether oxygens (including phenoxy) is 1. The minimum absolute atomic E-state index is 0.0479. The van der Waals surface area contributed by atoms with Gasteiger partial charge in [0.2, 0.25) is 0 Å². The lowest BCUT2D eigenvalue weighted by Gasteiger charge is -2.22. The number of carbonyl (C=O) groups excluding carboxylic acids is 1. The summed E-state index contributed by atoms with van der Waals surface area (Å²) in [6.07, 6.45) is 3.71. The van der Waals surface area contributed by atoms with Crippen molar-refractivity contribution in [3.63, 3.8) is 0 Å². The van der Waals surface area contributed by atoms with Crippen molar-refractivity contribution in [3.8, 4) is 0 Å². The molecule has 8 heteroatoms. The molecule has 1 atom stereocenters. The van der Waals surface area contributed by atoms with Crippen LogP contribution in [0, 0.1) is 0 Å². The Hall–Kier alpha value is -2.38. The number of amides is 1. The second-order valence-corrected chi connectivity index (χ2v) is 6.41. The number of carbonyl (C=O) groups is 1. The fourth-order valence-corrected chi connectivity index (χ4v) is 2.55. The zero-order valence-corrected chi connectivity index (χ0v) is 13.0. The molecule has 22 heavy (non-hydrogen) atoms. The normalized spacial score (nSPS) is 18.7. The first-order valence-corrected chi connectivity index (χ1v) is 7.31. The molecular weight excluding hydrogens is 284 g/mol. The average molecular weight is 304 g/mol. The molecule has 2 aromatic rings. The molecule has 3 heterocycles. The average Bonchev–Trinajstić information content (AvgIpc) is 3.04. The topological polar surface area (TPSA) is 96.0 Å². The van der Waals surface area contributed by atoms with Gasteiger partial charge in [0.1, 0.15) is 17.7 Å². The predicted octanol–water partition coefficient (Wildman–Crippen LogP) is 1.46. The minimum atomic E-state index is -0.488. The number of anilines is 1. The van der Waals surface area contributed by atoms with Crippen molar-refractivity contribution in [1.82, 2.24) is 25.5 Å². The Bertz CT molecular complexity index is 677. The molecule has 0 spiro atoms. The molecular formula is C14H20N6O2. The van der Waals surface area contributed by atoms with Crippen LogP contribution in [0.5, 0.6) is 0 Å². The van der Waals surface area contributed by atoms with Crippen LogP contribution in [0.25, 0.3) is 11.0 Å². The van der Waals surface area contributed by atoms with Crippen molar-refractivity contribution in [1.29, 1.82) is 0 Å². The highest BCUT2D eigenvalue weighted by atomic mass is 16.6. The lowest BCUT2D eigenvalue weighted by Crippen LogP contribution is -2.40.